The third-order valence-corrected chi connectivity index (χ3v) is 2.84. The molecule has 1 heterocycles. The number of hydrogen-bond donors (Lipinski definition) is 1. The van der Waals surface area contributed by atoms with Crippen LogP contribution in [0.25, 0.3) is 11.3 Å². The van der Waals surface area contributed by atoms with Gasteiger partial charge in [0.05, 0.1) is 22.4 Å². The number of nitrogens with zero attached hydrogens (tertiary/aromatic N) is 2. The maximum Gasteiger partial charge on any atom is 0.250 e. The van der Waals surface area contributed by atoms with Gasteiger partial charge in [-0.15, -0.1) is 10.2 Å². The van der Waals surface area contributed by atoms with E-state index in [4.69, 9.17) is 22.1 Å². The Morgan fingerprint density at radius 1 is 1.25 bits per heavy atom. The number of hydrogen-bond acceptors (Lipinski definition) is 4. The normalized spacial score (nSPS) is 10.6. The van der Waals surface area contributed by atoms with Crippen LogP contribution in [0.15, 0.2) is 30.3 Å². The molecule has 0 aliphatic rings. The fraction of sp³-hybridized carbons (Fsp3) is 0.214. The van der Waals surface area contributed by atoms with Crippen LogP contribution >= 0.6 is 11.6 Å². The van der Waals surface area contributed by atoms with Gasteiger partial charge in [0.25, 0.3) is 0 Å². The highest BCUT2D eigenvalue weighted by Crippen LogP contribution is 2.24. The van der Waals surface area contributed by atoms with Gasteiger partial charge in [-0.3, -0.25) is 4.79 Å². The zero-order chi connectivity index (χ0) is 14.7. The number of benzene rings is 1. The third-order valence-electron chi connectivity index (χ3n) is 2.53. The fourth-order valence-electron chi connectivity index (χ4n) is 1.65. The first-order valence-electron chi connectivity index (χ1n) is 6.07. The van der Waals surface area contributed by atoms with Crippen molar-refractivity contribution in [3.8, 4) is 17.1 Å². The fourth-order valence-corrected chi connectivity index (χ4v) is 1.93. The molecule has 104 valence electrons. The summed E-state index contributed by atoms with van der Waals surface area (Å²) in [7, 11) is 0. The molecule has 0 saturated carbocycles. The van der Waals surface area contributed by atoms with Crippen molar-refractivity contribution < 1.29 is 9.53 Å². The van der Waals surface area contributed by atoms with Gasteiger partial charge in [-0.2, -0.15) is 0 Å². The number of ether oxygens (including phenoxy) is 1. The van der Waals surface area contributed by atoms with Gasteiger partial charge in [-0.1, -0.05) is 17.7 Å². The van der Waals surface area contributed by atoms with Crippen LogP contribution < -0.4 is 10.5 Å². The summed E-state index contributed by atoms with van der Waals surface area (Å²) in [5, 5.41) is 8.33. The Bertz CT molecular complexity index is 627. The molecule has 1 amide bonds. The van der Waals surface area contributed by atoms with Crippen molar-refractivity contribution in [1.29, 1.82) is 0 Å². The van der Waals surface area contributed by atoms with Crippen molar-refractivity contribution in [2.24, 2.45) is 5.73 Å². The minimum atomic E-state index is -0.562. The highest BCUT2D eigenvalue weighted by molar-refractivity contribution is 6.34. The van der Waals surface area contributed by atoms with Gasteiger partial charge in [0.15, 0.2) is 0 Å². The lowest BCUT2D eigenvalue weighted by Crippen LogP contribution is -2.11. The van der Waals surface area contributed by atoms with E-state index >= 15 is 0 Å². The van der Waals surface area contributed by atoms with E-state index in [1.807, 2.05) is 13.8 Å². The maximum absolute atomic E-state index is 11.1. The van der Waals surface area contributed by atoms with Crippen LogP contribution in [-0.2, 0) is 0 Å². The van der Waals surface area contributed by atoms with Gasteiger partial charge in [-0.05, 0) is 32.0 Å². The molecule has 0 bridgehead atoms. The number of aromatic nitrogens is 2. The zero-order valence-electron chi connectivity index (χ0n) is 11.1. The summed E-state index contributed by atoms with van der Waals surface area (Å²) < 4.78 is 5.42. The Morgan fingerprint density at radius 2 is 2.00 bits per heavy atom. The first-order valence-corrected chi connectivity index (χ1v) is 6.45. The number of halogens is 1. The van der Waals surface area contributed by atoms with E-state index in [-0.39, 0.29) is 11.7 Å². The molecule has 0 saturated heterocycles. The average Bonchev–Trinajstić information content (AvgIpc) is 2.38. The molecule has 5 nitrogen and oxygen atoms in total. The molecule has 1 aromatic heterocycles. The third kappa shape index (κ3) is 3.24. The molecule has 2 rings (SSSR count). The molecule has 2 aromatic rings. The Labute approximate surface area is 121 Å². The van der Waals surface area contributed by atoms with Crippen molar-refractivity contribution in [2.75, 3.05) is 0 Å². The number of primary amides is 1. The highest BCUT2D eigenvalue weighted by atomic mass is 35.5. The number of rotatable bonds is 4. The van der Waals surface area contributed by atoms with Crippen LogP contribution in [0.1, 0.15) is 24.2 Å². The standard InChI is InChI=1S/C14H14ClN3O2/c1-8(2)20-13-6-5-12(17-18-13)9-3-4-10(14(16)19)11(15)7-9/h3-8H,1-2H3,(H2,16,19). The first kappa shape index (κ1) is 14.3. The van der Waals surface area contributed by atoms with Crippen LogP contribution in [0.4, 0.5) is 0 Å². The molecular formula is C14H14ClN3O2. The second-order valence-corrected chi connectivity index (χ2v) is 4.89. The zero-order valence-corrected chi connectivity index (χ0v) is 11.9. The topological polar surface area (TPSA) is 78.1 Å². The molecule has 0 radical (unpaired) electrons. The van der Waals surface area contributed by atoms with E-state index in [2.05, 4.69) is 10.2 Å². The van der Waals surface area contributed by atoms with Crippen molar-refractivity contribution in [2.45, 2.75) is 20.0 Å². The molecule has 0 atom stereocenters. The average molecular weight is 292 g/mol. The Kier molecular flexibility index (Phi) is 4.20. The van der Waals surface area contributed by atoms with Crippen molar-refractivity contribution >= 4 is 17.5 Å². The minimum Gasteiger partial charge on any atom is -0.474 e. The van der Waals surface area contributed by atoms with E-state index in [0.29, 0.717) is 16.6 Å². The Balaban J connectivity index is 2.28. The minimum absolute atomic E-state index is 0.0412. The Hall–Kier alpha value is -2.14. The monoisotopic (exact) mass is 291 g/mol. The van der Waals surface area contributed by atoms with E-state index in [9.17, 15) is 4.79 Å². The molecule has 20 heavy (non-hydrogen) atoms. The van der Waals surface area contributed by atoms with E-state index in [1.165, 1.54) is 0 Å². The summed E-state index contributed by atoms with van der Waals surface area (Å²) in [5.41, 5.74) is 6.87. The van der Waals surface area contributed by atoms with E-state index in [0.717, 1.165) is 5.56 Å². The second-order valence-electron chi connectivity index (χ2n) is 4.48. The summed E-state index contributed by atoms with van der Waals surface area (Å²) in [5.74, 6) is -0.100. The van der Waals surface area contributed by atoms with E-state index < -0.39 is 5.91 Å². The van der Waals surface area contributed by atoms with Crippen LogP contribution in [0.3, 0.4) is 0 Å². The quantitative estimate of drug-likeness (QED) is 0.939. The maximum atomic E-state index is 11.1. The molecule has 1 aromatic carbocycles. The van der Waals surface area contributed by atoms with Gasteiger partial charge in [-0.25, -0.2) is 0 Å². The molecular weight excluding hydrogens is 278 g/mol. The smallest absolute Gasteiger partial charge is 0.250 e. The van der Waals surface area contributed by atoms with Crippen LogP contribution in [0, 0.1) is 0 Å². The number of carbonyl (C=O) groups excluding carboxylic acids is 1. The van der Waals surface area contributed by atoms with Gasteiger partial charge >= 0.3 is 0 Å². The summed E-state index contributed by atoms with van der Waals surface area (Å²) in [4.78, 5) is 11.1. The number of amides is 1. The van der Waals surface area contributed by atoms with Gasteiger partial charge < -0.3 is 10.5 Å². The van der Waals surface area contributed by atoms with E-state index in [1.54, 1.807) is 30.3 Å². The van der Waals surface area contributed by atoms with Gasteiger partial charge in [0.1, 0.15) is 0 Å². The van der Waals surface area contributed by atoms with Crippen LogP contribution in [0.2, 0.25) is 5.02 Å². The van der Waals surface area contributed by atoms with Crippen molar-refractivity contribution in [3.05, 3.63) is 40.9 Å². The van der Waals surface area contributed by atoms with Gasteiger partial charge in [0, 0.05) is 11.6 Å². The van der Waals surface area contributed by atoms with Gasteiger partial charge in [0.2, 0.25) is 11.8 Å². The van der Waals surface area contributed by atoms with Crippen molar-refractivity contribution in [3.63, 3.8) is 0 Å². The second kappa shape index (κ2) is 5.88. The lowest BCUT2D eigenvalue weighted by molar-refractivity contribution is 0.100. The molecule has 0 aliphatic carbocycles. The highest BCUT2D eigenvalue weighted by Gasteiger charge is 2.09. The van der Waals surface area contributed by atoms with Crippen molar-refractivity contribution in [1.82, 2.24) is 10.2 Å². The lowest BCUT2D eigenvalue weighted by atomic mass is 10.1. The predicted molar refractivity (Wildman–Crippen MR) is 76.8 cm³/mol. The molecule has 0 fully saturated rings. The van der Waals surface area contributed by atoms with Crippen LogP contribution in [-0.4, -0.2) is 22.2 Å². The first-order chi connectivity index (χ1) is 9.47. The molecule has 0 unspecified atom stereocenters. The summed E-state index contributed by atoms with van der Waals surface area (Å²) >= 11 is 6.00. The molecule has 0 aliphatic heterocycles. The SMILES string of the molecule is CC(C)Oc1ccc(-c2ccc(C(N)=O)c(Cl)c2)nn1. The summed E-state index contributed by atoms with van der Waals surface area (Å²) in [6, 6.07) is 8.44. The predicted octanol–water partition coefficient (Wildman–Crippen LogP) is 2.68. The molecule has 6 heteroatoms. The molecule has 2 N–H and O–H groups in total. The number of carbonyl (C=O) groups is 1. The summed E-state index contributed by atoms with van der Waals surface area (Å²) in [6.45, 7) is 3.83. The largest absolute Gasteiger partial charge is 0.474 e. The van der Waals surface area contributed by atoms with Crippen LogP contribution in [0.5, 0.6) is 5.88 Å². The summed E-state index contributed by atoms with van der Waals surface area (Å²) in [6.07, 6.45) is 0.0412. The number of nitrogens with two attached hydrogens (primary N) is 1. The lowest BCUT2D eigenvalue weighted by Gasteiger charge is -2.08. The molecule has 0 spiro atoms. The Morgan fingerprint density at radius 3 is 2.50 bits per heavy atom.